The summed E-state index contributed by atoms with van der Waals surface area (Å²) in [7, 11) is 0. The minimum Gasteiger partial charge on any atom is -0.480 e. The molecule has 0 aliphatic heterocycles. The lowest BCUT2D eigenvalue weighted by Crippen LogP contribution is -2.37. The molecule has 0 unspecified atom stereocenters. The van der Waals surface area contributed by atoms with Crippen LogP contribution in [0.3, 0.4) is 0 Å². The number of aryl methyl sites for hydroxylation is 1. The Morgan fingerprint density at radius 2 is 1.77 bits per heavy atom. The maximum absolute atomic E-state index is 12.3. The fraction of sp³-hybridized carbons (Fsp3) is 0.227. The van der Waals surface area contributed by atoms with Crippen molar-refractivity contribution in [3.05, 3.63) is 77.3 Å². The summed E-state index contributed by atoms with van der Waals surface area (Å²) in [6.45, 7) is 2.39. The van der Waals surface area contributed by atoms with Gasteiger partial charge in [-0.3, -0.25) is 4.79 Å². The number of benzene rings is 3. The lowest BCUT2D eigenvalue weighted by atomic mass is 10.1. The number of ether oxygens (including phenoxy) is 1. The number of amides is 1. The molecule has 1 N–H and O–H groups in total. The lowest BCUT2D eigenvalue weighted by Gasteiger charge is -2.16. The monoisotopic (exact) mass is 367 g/mol. The van der Waals surface area contributed by atoms with Gasteiger partial charge in [0.2, 0.25) is 0 Å². The van der Waals surface area contributed by atoms with E-state index in [1.54, 1.807) is 6.92 Å². The van der Waals surface area contributed by atoms with Crippen LogP contribution in [0.25, 0.3) is 10.8 Å². The molecule has 0 aliphatic carbocycles. The maximum atomic E-state index is 12.3. The zero-order valence-electron chi connectivity index (χ0n) is 14.7. The highest BCUT2D eigenvalue weighted by molar-refractivity contribution is 6.30. The summed E-state index contributed by atoms with van der Waals surface area (Å²) in [5.41, 5.74) is 1.21. The van der Waals surface area contributed by atoms with Gasteiger partial charge >= 0.3 is 0 Å². The molecular formula is C22H22ClNO2. The van der Waals surface area contributed by atoms with Crippen molar-refractivity contribution in [2.45, 2.75) is 25.9 Å². The Bertz CT molecular complexity index is 871. The summed E-state index contributed by atoms with van der Waals surface area (Å²) < 4.78 is 5.89. The standard InChI is InChI=1S/C22H22ClNO2/c1-16(26-21-10-4-8-18-7-2-3-9-20(18)21)22(25)24-15-5-6-17-11-13-19(23)14-12-17/h2-4,7-14,16H,5-6,15H2,1H3,(H,24,25)/t16-/m1/s1. The summed E-state index contributed by atoms with van der Waals surface area (Å²) in [6, 6.07) is 21.6. The molecule has 0 spiro atoms. The highest BCUT2D eigenvalue weighted by Crippen LogP contribution is 2.26. The maximum Gasteiger partial charge on any atom is 0.260 e. The first-order valence-electron chi connectivity index (χ1n) is 8.80. The van der Waals surface area contributed by atoms with Crippen molar-refractivity contribution >= 4 is 28.3 Å². The van der Waals surface area contributed by atoms with E-state index >= 15 is 0 Å². The Labute approximate surface area is 158 Å². The van der Waals surface area contributed by atoms with Gasteiger partial charge in [-0.2, -0.15) is 0 Å². The molecule has 0 saturated carbocycles. The van der Waals surface area contributed by atoms with Gasteiger partial charge in [-0.1, -0.05) is 60.1 Å². The highest BCUT2D eigenvalue weighted by atomic mass is 35.5. The predicted octanol–water partition coefficient (Wildman–Crippen LogP) is 5.01. The van der Waals surface area contributed by atoms with Crippen LogP contribution in [0.15, 0.2) is 66.7 Å². The molecule has 3 aromatic rings. The number of halogens is 1. The number of rotatable bonds is 7. The first kappa shape index (κ1) is 18.3. The third kappa shape index (κ3) is 4.77. The third-order valence-electron chi connectivity index (χ3n) is 4.28. The average Bonchev–Trinajstić information content (AvgIpc) is 2.66. The average molecular weight is 368 g/mol. The van der Waals surface area contributed by atoms with E-state index in [1.807, 2.05) is 66.7 Å². The lowest BCUT2D eigenvalue weighted by molar-refractivity contribution is -0.127. The molecule has 0 aliphatic rings. The Balaban J connectivity index is 1.49. The van der Waals surface area contributed by atoms with Crippen LogP contribution in [0, 0.1) is 0 Å². The van der Waals surface area contributed by atoms with Crippen LogP contribution in [0.2, 0.25) is 5.02 Å². The normalized spacial score (nSPS) is 11.9. The van der Waals surface area contributed by atoms with Crippen molar-refractivity contribution < 1.29 is 9.53 Å². The van der Waals surface area contributed by atoms with Crippen LogP contribution >= 0.6 is 11.6 Å². The van der Waals surface area contributed by atoms with E-state index in [2.05, 4.69) is 5.32 Å². The van der Waals surface area contributed by atoms with E-state index < -0.39 is 6.10 Å². The quantitative estimate of drug-likeness (QED) is 0.596. The Hall–Kier alpha value is -2.52. The van der Waals surface area contributed by atoms with Gasteiger partial charge in [0.05, 0.1) is 0 Å². The largest absolute Gasteiger partial charge is 0.480 e. The summed E-state index contributed by atoms with van der Waals surface area (Å²) in [6.07, 6.45) is 1.22. The molecule has 3 nitrogen and oxygen atoms in total. The SMILES string of the molecule is C[C@@H](Oc1cccc2ccccc12)C(=O)NCCCc1ccc(Cl)cc1. The van der Waals surface area contributed by atoms with Crippen molar-refractivity contribution in [1.29, 1.82) is 0 Å². The fourth-order valence-corrected chi connectivity index (χ4v) is 2.97. The van der Waals surface area contributed by atoms with Gasteiger partial charge in [-0.15, -0.1) is 0 Å². The fourth-order valence-electron chi connectivity index (χ4n) is 2.84. The Morgan fingerprint density at radius 1 is 1.04 bits per heavy atom. The molecule has 1 atom stereocenters. The minimum atomic E-state index is -0.545. The minimum absolute atomic E-state index is 0.103. The van der Waals surface area contributed by atoms with Crippen LogP contribution in [0.5, 0.6) is 5.75 Å². The van der Waals surface area contributed by atoms with Crippen LogP contribution in [-0.2, 0) is 11.2 Å². The van der Waals surface area contributed by atoms with E-state index in [0.717, 1.165) is 34.4 Å². The molecule has 134 valence electrons. The molecule has 4 heteroatoms. The molecule has 0 aromatic heterocycles. The molecule has 0 bridgehead atoms. The molecule has 0 saturated heterocycles. The molecule has 26 heavy (non-hydrogen) atoms. The van der Waals surface area contributed by atoms with Crippen LogP contribution in [0.4, 0.5) is 0 Å². The highest BCUT2D eigenvalue weighted by Gasteiger charge is 2.15. The number of carbonyl (C=O) groups excluding carboxylic acids is 1. The zero-order valence-corrected chi connectivity index (χ0v) is 15.5. The van der Waals surface area contributed by atoms with Crippen LogP contribution in [0.1, 0.15) is 18.9 Å². The van der Waals surface area contributed by atoms with E-state index in [4.69, 9.17) is 16.3 Å². The van der Waals surface area contributed by atoms with Gasteiger partial charge in [0.15, 0.2) is 6.10 Å². The molecule has 0 heterocycles. The first-order valence-corrected chi connectivity index (χ1v) is 9.18. The smallest absolute Gasteiger partial charge is 0.260 e. The van der Waals surface area contributed by atoms with Gasteiger partial charge in [0.25, 0.3) is 5.91 Å². The van der Waals surface area contributed by atoms with Gasteiger partial charge in [0, 0.05) is 17.0 Å². The number of carbonyl (C=O) groups is 1. The topological polar surface area (TPSA) is 38.3 Å². The molecule has 0 radical (unpaired) electrons. The van der Waals surface area contributed by atoms with Crippen molar-refractivity contribution in [1.82, 2.24) is 5.32 Å². The first-order chi connectivity index (χ1) is 12.6. The van der Waals surface area contributed by atoms with Crippen molar-refractivity contribution in [2.75, 3.05) is 6.54 Å². The van der Waals surface area contributed by atoms with Gasteiger partial charge < -0.3 is 10.1 Å². The van der Waals surface area contributed by atoms with E-state index in [9.17, 15) is 4.79 Å². The second-order valence-electron chi connectivity index (χ2n) is 6.26. The third-order valence-corrected chi connectivity index (χ3v) is 4.53. The summed E-state index contributed by atoms with van der Waals surface area (Å²) >= 11 is 5.88. The van der Waals surface area contributed by atoms with Crippen molar-refractivity contribution in [2.24, 2.45) is 0 Å². The second-order valence-corrected chi connectivity index (χ2v) is 6.69. The molecule has 0 fully saturated rings. The van der Waals surface area contributed by atoms with Gasteiger partial charge in [-0.25, -0.2) is 0 Å². The van der Waals surface area contributed by atoms with Crippen LogP contribution < -0.4 is 10.1 Å². The second kappa shape index (κ2) is 8.72. The number of hydrogen-bond acceptors (Lipinski definition) is 2. The Morgan fingerprint density at radius 3 is 2.58 bits per heavy atom. The molecule has 1 amide bonds. The van der Waals surface area contributed by atoms with Crippen LogP contribution in [-0.4, -0.2) is 18.6 Å². The van der Waals surface area contributed by atoms with Crippen molar-refractivity contribution in [3.63, 3.8) is 0 Å². The molecule has 3 aromatic carbocycles. The number of nitrogens with one attached hydrogen (secondary N) is 1. The number of hydrogen-bond donors (Lipinski definition) is 1. The Kier molecular flexibility index (Phi) is 6.13. The summed E-state index contributed by atoms with van der Waals surface area (Å²) in [4.78, 5) is 12.3. The molecule has 3 rings (SSSR count). The van der Waals surface area contributed by atoms with Crippen molar-refractivity contribution in [3.8, 4) is 5.75 Å². The van der Waals surface area contributed by atoms with E-state index in [0.29, 0.717) is 6.54 Å². The van der Waals surface area contributed by atoms with E-state index in [1.165, 1.54) is 5.56 Å². The summed E-state index contributed by atoms with van der Waals surface area (Å²) in [5.74, 6) is 0.626. The number of fused-ring (bicyclic) bond motifs is 1. The van der Waals surface area contributed by atoms with Gasteiger partial charge in [-0.05, 0) is 48.9 Å². The van der Waals surface area contributed by atoms with E-state index in [-0.39, 0.29) is 5.91 Å². The zero-order chi connectivity index (χ0) is 18.4. The molecular weight excluding hydrogens is 346 g/mol. The summed E-state index contributed by atoms with van der Waals surface area (Å²) in [5, 5.41) is 5.79. The predicted molar refractivity (Wildman–Crippen MR) is 107 cm³/mol. The van der Waals surface area contributed by atoms with Gasteiger partial charge in [0.1, 0.15) is 5.75 Å².